The summed E-state index contributed by atoms with van der Waals surface area (Å²) >= 11 is 0. The summed E-state index contributed by atoms with van der Waals surface area (Å²) in [6.07, 6.45) is 4.23. The summed E-state index contributed by atoms with van der Waals surface area (Å²) in [6.45, 7) is 0.167. The van der Waals surface area contributed by atoms with Gasteiger partial charge in [0, 0.05) is 24.6 Å². The topological polar surface area (TPSA) is 46.3 Å². The molecule has 1 unspecified atom stereocenters. The number of nitrogens with zero attached hydrogens (tertiary/aromatic N) is 1. The molecule has 1 aliphatic heterocycles. The van der Waals surface area contributed by atoms with E-state index >= 15 is 0 Å². The van der Waals surface area contributed by atoms with Crippen molar-refractivity contribution >= 4 is 11.5 Å². The van der Waals surface area contributed by atoms with Crippen LogP contribution in [0.15, 0.2) is 84.9 Å². The molecule has 33 heavy (non-hydrogen) atoms. The molecule has 0 saturated heterocycles. The standard InChI is InChI=1S/C28H26F2N2O/c29-23-13-14-25(30)24(15-23)20-17-28(21-7-3-1-4-8-21,22-9-5-2-6-10-22)32(18-20)27(33)16-26(31)19-11-12-19/h1-10,13-15,17,19,26H,11-12,16,18,31H2. The molecular formula is C28H26F2N2O. The van der Waals surface area contributed by atoms with Gasteiger partial charge in [0.2, 0.25) is 5.91 Å². The Balaban J connectivity index is 1.68. The number of carbonyl (C=O) groups excluding carboxylic acids is 1. The van der Waals surface area contributed by atoms with E-state index in [0.717, 1.165) is 36.1 Å². The van der Waals surface area contributed by atoms with Crippen molar-refractivity contribution in [2.24, 2.45) is 11.7 Å². The van der Waals surface area contributed by atoms with Gasteiger partial charge in [-0.3, -0.25) is 4.79 Å². The molecule has 2 aliphatic rings. The van der Waals surface area contributed by atoms with E-state index in [1.165, 1.54) is 6.07 Å². The van der Waals surface area contributed by atoms with Crippen LogP contribution in [0.1, 0.15) is 36.0 Å². The smallest absolute Gasteiger partial charge is 0.225 e. The van der Waals surface area contributed by atoms with Gasteiger partial charge in [0.05, 0.1) is 0 Å². The molecule has 1 fully saturated rings. The fraction of sp³-hybridized carbons (Fsp3) is 0.250. The van der Waals surface area contributed by atoms with E-state index in [4.69, 9.17) is 5.73 Å². The van der Waals surface area contributed by atoms with E-state index in [1.807, 2.05) is 66.7 Å². The van der Waals surface area contributed by atoms with Crippen LogP contribution in [0.25, 0.3) is 5.57 Å². The second-order valence-corrected chi connectivity index (χ2v) is 8.98. The summed E-state index contributed by atoms with van der Waals surface area (Å²) < 4.78 is 28.9. The maximum Gasteiger partial charge on any atom is 0.225 e. The van der Waals surface area contributed by atoms with Gasteiger partial charge in [-0.05, 0) is 59.7 Å². The molecule has 3 nitrogen and oxygen atoms in total. The van der Waals surface area contributed by atoms with Gasteiger partial charge < -0.3 is 10.6 Å². The SMILES string of the molecule is NC(CC(=O)N1CC(c2cc(F)ccc2F)=CC1(c1ccccc1)c1ccccc1)C1CC1. The second kappa shape index (κ2) is 8.56. The summed E-state index contributed by atoms with van der Waals surface area (Å²) in [4.78, 5) is 15.5. The number of halogens is 2. The lowest BCUT2D eigenvalue weighted by Crippen LogP contribution is -2.48. The Morgan fingerprint density at radius 2 is 1.58 bits per heavy atom. The molecule has 0 spiro atoms. The van der Waals surface area contributed by atoms with Crippen LogP contribution in [0.4, 0.5) is 8.78 Å². The monoisotopic (exact) mass is 444 g/mol. The molecule has 3 aromatic carbocycles. The predicted molar refractivity (Wildman–Crippen MR) is 125 cm³/mol. The van der Waals surface area contributed by atoms with E-state index in [2.05, 4.69) is 0 Å². The molecule has 1 saturated carbocycles. The van der Waals surface area contributed by atoms with Crippen LogP contribution in [0, 0.1) is 17.6 Å². The first-order valence-corrected chi connectivity index (χ1v) is 11.3. The minimum atomic E-state index is -0.947. The molecular weight excluding hydrogens is 418 g/mol. The van der Waals surface area contributed by atoms with Gasteiger partial charge in [0.25, 0.3) is 0 Å². The van der Waals surface area contributed by atoms with Gasteiger partial charge in [-0.1, -0.05) is 60.7 Å². The number of hydrogen-bond acceptors (Lipinski definition) is 2. The zero-order valence-corrected chi connectivity index (χ0v) is 18.3. The number of nitrogens with two attached hydrogens (primary N) is 1. The Kier molecular flexibility index (Phi) is 5.59. The number of hydrogen-bond donors (Lipinski definition) is 1. The molecule has 2 N–H and O–H groups in total. The summed E-state index contributed by atoms with van der Waals surface area (Å²) in [7, 11) is 0. The van der Waals surface area contributed by atoms with Crippen molar-refractivity contribution in [3.63, 3.8) is 0 Å². The van der Waals surface area contributed by atoms with Gasteiger partial charge in [-0.25, -0.2) is 8.78 Å². The minimum absolute atomic E-state index is 0.0924. The largest absolute Gasteiger partial charge is 0.327 e. The van der Waals surface area contributed by atoms with Crippen molar-refractivity contribution < 1.29 is 13.6 Å². The summed E-state index contributed by atoms with van der Waals surface area (Å²) in [6, 6.07) is 22.6. The first kappa shape index (κ1) is 21.5. The maximum atomic E-state index is 14.8. The highest BCUT2D eigenvalue weighted by Crippen LogP contribution is 2.46. The van der Waals surface area contributed by atoms with Crippen molar-refractivity contribution in [1.82, 2.24) is 4.90 Å². The van der Waals surface area contributed by atoms with Crippen molar-refractivity contribution in [2.45, 2.75) is 30.8 Å². The lowest BCUT2D eigenvalue weighted by atomic mass is 9.81. The molecule has 0 radical (unpaired) electrons. The van der Waals surface area contributed by atoms with Crippen molar-refractivity contribution in [1.29, 1.82) is 0 Å². The third-order valence-corrected chi connectivity index (χ3v) is 6.78. The fourth-order valence-electron chi connectivity index (χ4n) is 4.89. The molecule has 0 bridgehead atoms. The van der Waals surface area contributed by atoms with E-state index in [0.29, 0.717) is 11.5 Å². The first-order valence-electron chi connectivity index (χ1n) is 11.3. The maximum absolute atomic E-state index is 14.8. The zero-order valence-electron chi connectivity index (χ0n) is 18.3. The quantitative estimate of drug-likeness (QED) is 0.564. The van der Waals surface area contributed by atoms with Crippen LogP contribution in [0.3, 0.4) is 0 Å². The van der Waals surface area contributed by atoms with Crippen LogP contribution in [-0.2, 0) is 10.3 Å². The number of rotatable bonds is 6. The fourth-order valence-corrected chi connectivity index (χ4v) is 4.89. The summed E-state index contributed by atoms with van der Waals surface area (Å²) in [5.74, 6) is -0.739. The molecule has 1 aliphatic carbocycles. The van der Waals surface area contributed by atoms with Gasteiger partial charge in [-0.15, -0.1) is 0 Å². The minimum Gasteiger partial charge on any atom is -0.327 e. The Labute approximate surface area is 192 Å². The van der Waals surface area contributed by atoms with Crippen molar-refractivity contribution in [3.8, 4) is 0 Å². The van der Waals surface area contributed by atoms with Crippen molar-refractivity contribution in [3.05, 3.63) is 113 Å². The zero-order chi connectivity index (χ0) is 23.0. The average Bonchev–Trinajstić information content (AvgIpc) is 3.61. The molecule has 0 aromatic heterocycles. The molecule has 3 aromatic rings. The summed E-state index contributed by atoms with van der Waals surface area (Å²) in [5, 5.41) is 0. The summed E-state index contributed by atoms with van der Waals surface area (Å²) in [5.41, 5.74) is 7.90. The van der Waals surface area contributed by atoms with E-state index < -0.39 is 17.2 Å². The van der Waals surface area contributed by atoms with Crippen LogP contribution in [0.2, 0.25) is 0 Å². The van der Waals surface area contributed by atoms with Gasteiger partial charge in [0.15, 0.2) is 0 Å². The molecule has 168 valence electrons. The molecule has 1 heterocycles. The number of benzene rings is 3. The van der Waals surface area contributed by atoms with Crippen LogP contribution in [-0.4, -0.2) is 23.4 Å². The highest BCUT2D eigenvalue weighted by atomic mass is 19.1. The highest BCUT2D eigenvalue weighted by molar-refractivity contribution is 5.86. The Hall–Kier alpha value is -3.31. The van der Waals surface area contributed by atoms with Gasteiger partial charge in [-0.2, -0.15) is 0 Å². The number of carbonyl (C=O) groups is 1. The normalized spacial score (nSPS) is 18.2. The van der Waals surface area contributed by atoms with E-state index in [-0.39, 0.29) is 30.5 Å². The second-order valence-electron chi connectivity index (χ2n) is 8.98. The average molecular weight is 445 g/mol. The lowest BCUT2D eigenvalue weighted by Gasteiger charge is -2.39. The first-order chi connectivity index (χ1) is 16.0. The molecule has 1 amide bonds. The number of amides is 1. The van der Waals surface area contributed by atoms with Crippen LogP contribution < -0.4 is 5.73 Å². The van der Waals surface area contributed by atoms with E-state index in [9.17, 15) is 13.6 Å². The molecule has 1 atom stereocenters. The Bertz CT molecular complexity index is 1150. The predicted octanol–water partition coefficient (Wildman–Crippen LogP) is 5.26. The Morgan fingerprint density at radius 3 is 2.15 bits per heavy atom. The molecule has 5 rings (SSSR count). The third kappa shape index (κ3) is 3.98. The molecule has 5 heteroatoms. The van der Waals surface area contributed by atoms with E-state index in [1.54, 1.807) is 4.90 Å². The van der Waals surface area contributed by atoms with Crippen LogP contribution >= 0.6 is 0 Å². The lowest BCUT2D eigenvalue weighted by molar-refractivity contribution is -0.134. The highest BCUT2D eigenvalue weighted by Gasteiger charge is 2.47. The van der Waals surface area contributed by atoms with Gasteiger partial charge in [0.1, 0.15) is 17.2 Å². The third-order valence-electron chi connectivity index (χ3n) is 6.78. The Morgan fingerprint density at radius 1 is 0.970 bits per heavy atom. The van der Waals surface area contributed by atoms with Gasteiger partial charge >= 0.3 is 0 Å². The van der Waals surface area contributed by atoms with Crippen molar-refractivity contribution in [2.75, 3.05) is 6.54 Å². The van der Waals surface area contributed by atoms with Crippen LogP contribution in [0.5, 0.6) is 0 Å².